The van der Waals surface area contributed by atoms with Gasteiger partial charge < -0.3 is 10.4 Å². The lowest BCUT2D eigenvalue weighted by atomic mass is 9.75. The summed E-state index contributed by atoms with van der Waals surface area (Å²) in [6.07, 6.45) is 1.00. The summed E-state index contributed by atoms with van der Waals surface area (Å²) in [6.45, 7) is 0. The van der Waals surface area contributed by atoms with E-state index in [0.717, 1.165) is 17.7 Å². The molecular formula is C23H19NO2. The van der Waals surface area contributed by atoms with Gasteiger partial charge >= 0.3 is 5.97 Å². The summed E-state index contributed by atoms with van der Waals surface area (Å²) in [5, 5.41) is 13.3. The first-order valence-corrected chi connectivity index (χ1v) is 8.99. The molecule has 5 rings (SSSR count). The standard InChI is InChI=1S/C23H19NO2/c25-23(26)18-12-6-11-17-20-16-10-5-4-9-15(16)13-19(20)21(24-22(17)18)14-7-2-1-3-8-14/h1-12,19-21,24H,13H2,(H,25,26)/t19-,20-,21-/m1/s1. The average Bonchev–Trinajstić information content (AvgIpc) is 3.07. The molecule has 26 heavy (non-hydrogen) atoms. The maximum absolute atomic E-state index is 11.8. The van der Waals surface area contributed by atoms with Gasteiger partial charge in [0.25, 0.3) is 0 Å². The number of para-hydroxylation sites is 1. The van der Waals surface area contributed by atoms with Crippen LogP contribution in [-0.2, 0) is 6.42 Å². The highest BCUT2D eigenvalue weighted by Crippen LogP contribution is 2.54. The molecule has 0 unspecified atom stereocenters. The molecule has 0 aromatic heterocycles. The Hall–Kier alpha value is -3.07. The highest BCUT2D eigenvalue weighted by molar-refractivity contribution is 5.96. The molecule has 3 atom stereocenters. The van der Waals surface area contributed by atoms with Gasteiger partial charge in [0, 0.05) is 5.92 Å². The van der Waals surface area contributed by atoms with Crippen LogP contribution in [0.2, 0.25) is 0 Å². The summed E-state index contributed by atoms with van der Waals surface area (Å²) in [6, 6.07) is 24.7. The third kappa shape index (κ3) is 2.17. The van der Waals surface area contributed by atoms with E-state index in [-0.39, 0.29) is 12.0 Å². The number of anilines is 1. The zero-order chi connectivity index (χ0) is 17.7. The van der Waals surface area contributed by atoms with E-state index in [9.17, 15) is 9.90 Å². The quantitative estimate of drug-likeness (QED) is 0.700. The maximum Gasteiger partial charge on any atom is 0.337 e. The molecule has 0 saturated heterocycles. The number of nitrogens with one attached hydrogen (secondary N) is 1. The third-order valence-electron chi connectivity index (χ3n) is 5.82. The van der Waals surface area contributed by atoms with E-state index in [1.807, 2.05) is 24.3 Å². The monoisotopic (exact) mass is 341 g/mol. The van der Waals surface area contributed by atoms with Gasteiger partial charge in [-0.15, -0.1) is 0 Å². The van der Waals surface area contributed by atoms with E-state index in [2.05, 4.69) is 47.8 Å². The summed E-state index contributed by atoms with van der Waals surface area (Å²) < 4.78 is 0. The van der Waals surface area contributed by atoms with Crippen LogP contribution in [0.4, 0.5) is 5.69 Å². The summed E-state index contributed by atoms with van der Waals surface area (Å²) in [7, 11) is 0. The second-order valence-corrected chi connectivity index (χ2v) is 7.15. The topological polar surface area (TPSA) is 49.3 Å². The minimum absolute atomic E-state index is 0.0987. The van der Waals surface area contributed by atoms with Crippen molar-refractivity contribution < 1.29 is 9.90 Å². The molecular weight excluding hydrogens is 322 g/mol. The van der Waals surface area contributed by atoms with E-state index in [4.69, 9.17) is 0 Å². The number of hydrogen-bond donors (Lipinski definition) is 2. The van der Waals surface area contributed by atoms with E-state index in [1.165, 1.54) is 16.7 Å². The third-order valence-corrected chi connectivity index (χ3v) is 5.82. The van der Waals surface area contributed by atoms with Crippen molar-refractivity contribution in [3.63, 3.8) is 0 Å². The number of rotatable bonds is 2. The number of carbonyl (C=O) groups is 1. The molecule has 0 saturated carbocycles. The SMILES string of the molecule is O=C(O)c1cccc2c1N[C@H](c1ccccc1)[C@@H]1Cc3ccccc3[C@H]21. The van der Waals surface area contributed by atoms with Gasteiger partial charge in [-0.25, -0.2) is 4.79 Å². The molecule has 0 bridgehead atoms. The summed E-state index contributed by atoms with van der Waals surface area (Å²) in [5.74, 6) is -0.274. The van der Waals surface area contributed by atoms with Gasteiger partial charge in [-0.05, 0) is 40.7 Å². The van der Waals surface area contributed by atoms with Gasteiger partial charge in [0.15, 0.2) is 0 Å². The van der Waals surface area contributed by atoms with Crippen LogP contribution < -0.4 is 5.32 Å². The molecule has 1 aliphatic carbocycles. The van der Waals surface area contributed by atoms with Crippen molar-refractivity contribution in [2.24, 2.45) is 5.92 Å². The summed E-state index contributed by atoms with van der Waals surface area (Å²) >= 11 is 0. The normalized spacial score (nSPS) is 22.7. The Morgan fingerprint density at radius 1 is 0.885 bits per heavy atom. The number of benzene rings is 3. The highest BCUT2D eigenvalue weighted by Gasteiger charge is 2.44. The Bertz CT molecular complexity index is 996. The fourth-order valence-electron chi connectivity index (χ4n) is 4.76. The van der Waals surface area contributed by atoms with Crippen molar-refractivity contribution >= 4 is 11.7 Å². The Kier molecular flexibility index (Phi) is 3.35. The molecule has 3 aromatic rings. The van der Waals surface area contributed by atoms with Gasteiger partial charge in [0.05, 0.1) is 17.3 Å². The average molecular weight is 341 g/mol. The molecule has 128 valence electrons. The number of carboxylic acid groups (broad SMARTS) is 1. The maximum atomic E-state index is 11.8. The van der Waals surface area contributed by atoms with E-state index in [0.29, 0.717) is 11.5 Å². The Balaban J connectivity index is 1.74. The van der Waals surface area contributed by atoms with Crippen molar-refractivity contribution in [3.05, 3.63) is 101 Å². The second-order valence-electron chi connectivity index (χ2n) is 7.15. The smallest absolute Gasteiger partial charge is 0.337 e. The van der Waals surface area contributed by atoms with Crippen molar-refractivity contribution in [3.8, 4) is 0 Å². The van der Waals surface area contributed by atoms with Crippen LogP contribution in [0.5, 0.6) is 0 Å². The van der Waals surface area contributed by atoms with Crippen LogP contribution in [-0.4, -0.2) is 11.1 Å². The molecule has 3 aromatic carbocycles. The first-order chi connectivity index (χ1) is 12.7. The fraction of sp³-hybridized carbons (Fsp3) is 0.174. The fourth-order valence-corrected chi connectivity index (χ4v) is 4.76. The second kappa shape index (κ2) is 5.73. The molecule has 1 aliphatic heterocycles. The lowest BCUT2D eigenvalue weighted by Gasteiger charge is -2.38. The van der Waals surface area contributed by atoms with Gasteiger partial charge in [-0.1, -0.05) is 66.7 Å². The van der Waals surface area contributed by atoms with Crippen LogP contribution in [0.15, 0.2) is 72.8 Å². The number of hydrogen-bond acceptors (Lipinski definition) is 2. The molecule has 2 N–H and O–H groups in total. The number of aromatic carboxylic acids is 1. The van der Waals surface area contributed by atoms with E-state index in [1.54, 1.807) is 6.07 Å². The van der Waals surface area contributed by atoms with Gasteiger partial charge in [-0.3, -0.25) is 0 Å². The molecule has 1 heterocycles. The Morgan fingerprint density at radius 2 is 1.62 bits per heavy atom. The van der Waals surface area contributed by atoms with Crippen LogP contribution in [0.25, 0.3) is 0 Å². The van der Waals surface area contributed by atoms with Crippen molar-refractivity contribution in [1.82, 2.24) is 0 Å². The predicted octanol–water partition coefficient (Wildman–Crippen LogP) is 4.86. The molecule has 3 nitrogen and oxygen atoms in total. The minimum atomic E-state index is -0.883. The van der Waals surface area contributed by atoms with Crippen molar-refractivity contribution in [1.29, 1.82) is 0 Å². The van der Waals surface area contributed by atoms with Crippen LogP contribution in [0.3, 0.4) is 0 Å². The zero-order valence-electron chi connectivity index (χ0n) is 14.2. The van der Waals surface area contributed by atoms with Gasteiger partial charge in [0.2, 0.25) is 0 Å². The molecule has 0 amide bonds. The Morgan fingerprint density at radius 3 is 2.42 bits per heavy atom. The molecule has 0 spiro atoms. The molecule has 2 aliphatic rings. The van der Waals surface area contributed by atoms with Crippen molar-refractivity contribution in [2.45, 2.75) is 18.4 Å². The van der Waals surface area contributed by atoms with Crippen molar-refractivity contribution in [2.75, 3.05) is 5.32 Å². The van der Waals surface area contributed by atoms with Gasteiger partial charge in [0.1, 0.15) is 0 Å². The highest BCUT2D eigenvalue weighted by atomic mass is 16.4. The predicted molar refractivity (Wildman–Crippen MR) is 102 cm³/mol. The first-order valence-electron chi connectivity index (χ1n) is 8.99. The van der Waals surface area contributed by atoms with E-state index >= 15 is 0 Å². The minimum Gasteiger partial charge on any atom is -0.478 e. The summed E-state index contributed by atoms with van der Waals surface area (Å²) in [4.78, 5) is 11.8. The lowest BCUT2D eigenvalue weighted by Crippen LogP contribution is -2.31. The number of carboxylic acids is 1. The Labute approximate surface area is 152 Å². The molecule has 3 heteroatoms. The first kappa shape index (κ1) is 15.2. The molecule has 0 radical (unpaired) electrons. The van der Waals surface area contributed by atoms with Crippen LogP contribution >= 0.6 is 0 Å². The van der Waals surface area contributed by atoms with E-state index < -0.39 is 5.97 Å². The summed E-state index contributed by atoms with van der Waals surface area (Å²) in [5.41, 5.74) is 6.15. The molecule has 0 fully saturated rings. The van der Waals surface area contributed by atoms with Gasteiger partial charge in [-0.2, -0.15) is 0 Å². The lowest BCUT2D eigenvalue weighted by molar-refractivity contribution is 0.0697. The largest absolute Gasteiger partial charge is 0.478 e. The van der Waals surface area contributed by atoms with Crippen LogP contribution in [0.1, 0.15) is 44.6 Å². The zero-order valence-corrected chi connectivity index (χ0v) is 14.2. The van der Waals surface area contributed by atoms with Crippen LogP contribution in [0, 0.1) is 5.92 Å². The number of fused-ring (bicyclic) bond motifs is 5.